The number of hydrogen-bond donors (Lipinski definition) is 1. The van der Waals surface area contributed by atoms with Crippen LogP contribution in [0.15, 0.2) is 30.9 Å². The molecule has 1 heterocycles. The summed E-state index contributed by atoms with van der Waals surface area (Å²) in [5.41, 5.74) is 0.916. The van der Waals surface area contributed by atoms with Gasteiger partial charge in [0.1, 0.15) is 30.4 Å². The molecule has 70 valence electrons. The number of aldehydes is 1. The van der Waals surface area contributed by atoms with E-state index in [1.165, 1.54) is 23.4 Å². The first-order chi connectivity index (χ1) is 6.81. The Labute approximate surface area is 79.6 Å². The lowest BCUT2D eigenvalue weighted by atomic mass is 10.2. The predicted octanol–water partition coefficient (Wildman–Crippen LogP) is 0.785. The van der Waals surface area contributed by atoms with Crippen molar-refractivity contribution in [3.63, 3.8) is 0 Å². The van der Waals surface area contributed by atoms with E-state index >= 15 is 0 Å². The Morgan fingerprint density at radius 1 is 1.43 bits per heavy atom. The van der Waals surface area contributed by atoms with Crippen LogP contribution in [0.5, 0.6) is 5.75 Å². The van der Waals surface area contributed by atoms with Crippen LogP contribution in [0, 0.1) is 0 Å². The number of phenolic OH excluding ortho intramolecular Hbond substituents is 1. The molecule has 2 rings (SSSR count). The van der Waals surface area contributed by atoms with Gasteiger partial charge in [-0.05, 0) is 18.2 Å². The van der Waals surface area contributed by atoms with Gasteiger partial charge in [0.05, 0.1) is 0 Å². The number of aromatic hydroxyl groups is 1. The number of nitrogens with zero attached hydrogens (tertiary/aromatic N) is 3. The SMILES string of the molecule is O=Cc1ccc(-n2cncn2)c(O)c1. The molecular formula is C9H7N3O2. The molecule has 0 spiro atoms. The second-order valence-electron chi connectivity index (χ2n) is 2.71. The van der Waals surface area contributed by atoms with Crippen molar-refractivity contribution in [1.82, 2.24) is 14.8 Å². The maximum Gasteiger partial charge on any atom is 0.150 e. The van der Waals surface area contributed by atoms with E-state index in [4.69, 9.17) is 0 Å². The van der Waals surface area contributed by atoms with Gasteiger partial charge in [-0.25, -0.2) is 9.67 Å². The Morgan fingerprint density at radius 3 is 2.86 bits per heavy atom. The average molecular weight is 189 g/mol. The highest BCUT2D eigenvalue weighted by atomic mass is 16.3. The average Bonchev–Trinajstić information content (AvgIpc) is 2.70. The minimum absolute atomic E-state index is 0.0000926. The van der Waals surface area contributed by atoms with Gasteiger partial charge in [0.15, 0.2) is 0 Å². The summed E-state index contributed by atoms with van der Waals surface area (Å²) in [6.07, 6.45) is 3.51. The van der Waals surface area contributed by atoms with Gasteiger partial charge in [-0.3, -0.25) is 4.79 Å². The summed E-state index contributed by atoms with van der Waals surface area (Å²) in [6.45, 7) is 0. The number of benzene rings is 1. The van der Waals surface area contributed by atoms with E-state index in [1.807, 2.05) is 0 Å². The summed E-state index contributed by atoms with van der Waals surface area (Å²) < 4.78 is 1.42. The highest BCUT2D eigenvalue weighted by Crippen LogP contribution is 2.20. The number of hydrogen-bond acceptors (Lipinski definition) is 4. The molecule has 0 amide bonds. The molecule has 0 saturated heterocycles. The van der Waals surface area contributed by atoms with Gasteiger partial charge in [-0.2, -0.15) is 5.10 Å². The molecule has 0 aliphatic heterocycles. The minimum Gasteiger partial charge on any atom is -0.506 e. The zero-order valence-corrected chi connectivity index (χ0v) is 7.16. The van der Waals surface area contributed by atoms with Gasteiger partial charge in [0, 0.05) is 5.56 Å². The Bertz CT molecular complexity index is 451. The van der Waals surface area contributed by atoms with Gasteiger partial charge >= 0.3 is 0 Å². The molecule has 0 aliphatic rings. The molecule has 0 aliphatic carbocycles. The fourth-order valence-electron chi connectivity index (χ4n) is 1.14. The number of rotatable bonds is 2. The minimum atomic E-state index is 0.0000926. The van der Waals surface area contributed by atoms with Crippen LogP contribution in [0.4, 0.5) is 0 Å². The van der Waals surface area contributed by atoms with Crippen molar-refractivity contribution >= 4 is 6.29 Å². The molecule has 5 nitrogen and oxygen atoms in total. The number of carbonyl (C=O) groups is 1. The second kappa shape index (κ2) is 3.29. The standard InChI is InChI=1S/C9H7N3O2/c13-4-7-1-2-8(9(14)3-7)12-6-10-5-11-12/h1-6,14H. The third-order valence-corrected chi connectivity index (χ3v) is 1.80. The molecule has 14 heavy (non-hydrogen) atoms. The predicted molar refractivity (Wildman–Crippen MR) is 48.4 cm³/mol. The lowest BCUT2D eigenvalue weighted by molar-refractivity contribution is 0.112. The van der Waals surface area contributed by atoms with Crippen LogP contribution in [0.25, 0.3) is 5.69 Å². The van der Waals surface area contributed by atoms with Crippen LogP contribution in [0.3, 0.4) is 0 Å². The summed E-state index contributed by atoms with van der Waals surface area (Å²) in [5, 5.41) is 13.4. The Kier molecular flexibility index (Phi) is 1.98. The molecule has 0 radical (unpaired) electrons. The van der Waals surface area contributed by atoms with E-state index in [2.05, 4.69) is 10.1 Å². The van der Waals surface area contributed by atoms with Gasteiger partial charge < -0.3 is 5.11 Å². The van der Waals surface area contributed by atoms with Crippen LogP contribution in [-0.2, 0) is 0 Å². The molecule has 0 atom stereocenters. The zero-order valence-electron chi connectivity index (χ0n) is 7.16. The fraction of sp³-hybridized carbons (Fsp3) is 0. The summed E-state index contributed by atoms with van der Waals surface area (Å²) in [4.78, 5) is 14.2. The van der Waals surface area contributed by atoms with Gasteiger partial charge in [0.25, 0.3) is 0 Å². The number of aromatic nitrogens is 3. The molecular weight excluding hydrogens is 182 g/mol. The third-order valence-electron chi connectivity index (χ3n) is 1.80. The van der Waals surface area contributed by atoms with Crippen molar-refractivity contribution in [1.29, 1.82) is 0 Å². The Hall–Kier alpha value is -2.17. The molecule has 1 aromatic carbocycles. The lowest BCUT2D eigenvalue weighted by Crippen LogP contribution is -1.95. The zero-order chi connectivity index (χ0) is 9.97. The molecule has 0 unspecified atom stereocenters. The first kappa shape index (κ1) is 8.43. The summed E-state index contributed by atoms with van der Waals surface area (Å²) in [5.74, 6) is 0.0000926. The highest BCUT2D eigenvalue weighted by molar-refractivity contribution is 5.76. The van der Waals surface area contributed by atoms with E-state index in [-0.39, 0.29) is 5.75 Å². The van der Waals surface area contributed by atoms with E-state index in [1.54, 1.807) is 12.1 Å². The van der Waals surface area contributed by atoms with E-state index in [0.717, 1.165) is 0 Å². The van der Waals surface area contributed by atoms with Crippen molar-refractivity contribution in [3.8, 4) is 11.4 Å². The highest BCUT2D eigenvalue weighted by Gasteiger charge is 2.04. The third kappa shape index (κ3) is 1.35. The first-order valence-corrected chi connectivity index (χ1v) is 3.94. The normalized spacial score (nSPS) is 10.0. The molecule has 1 N–H and O–H groups in total. The van der Waals surface area contributed by atoms with Crippen molar-refractivity contribution < 1.29 is 9.90 Å². The van der Waals surface area contributed by atoms with Gasteiger partial charge in [-0.15, -0.1) is 0 Å². The maximum atomic E-state index is 10.4. The topological polar surface area (TPSA) is 68.0 Å². The molecule has 0 saturated carbocycles. The smallest absolute Gasteiger partial charge is 0.150 e. The van der Waals surface area contributed by atoms with E-state index in [9.17, 15) is 9.90 Å². The Balaban J connectivity index is 2.51. The molecule has 1 aromatic heterocycles. The van der Waals surface area contributed by atoms with Crippen molar-refractivity contribution in [2.24, 2.45) is 0 Å². The van der Waals surface area contributed by atoms with Crippen molar-refractivity contribution in [2.45, 2.75) is 0 Å². The van der Waals surface area contributed by atoms with Gasteiger partial charge in [-0.1, -0.05) is 0 Å². The molecule has 5 heteroatoms. The van der Waals surface area contributed by atoms with Crippen LogP contribution in [-0.4, -0.2) is 26.2 Å². The molecule has 0 bridgehead atoms. The largest absolute Gasteiger partial charge is 0.506 e. The fourth-order valence-corrected chi connectivity index (χ4v) is 1.14. The lowest BCUT2D eigenvalue weighted by Gasteiger charge is -2.03. The van der Waals surface area contributed by atoms with Crippen LogP contribution in [0.1, 0.15) is 10.4 Å². The monoisotopic (exact) mass is 189 g/mol. The maximum absolute atomic E-state index is 10.4. The molecule has 2 aromatic rings. The van der Waals surface area contributed by atoms with Crippen LogP contribution < -0.4 is 0 Å². The quantitative estimate of drug-likeness (QED) is 0.709. The van der Waals surface area contributed by atoms with Crippen LogP contribution >= 0.6 is 0 Å². The van der Waals surface area contributed by atoms with E-state index < -0.39 is 0 Å². The van der Waals surface area contributed by atoms with Crippen molar-refractivity contribution in [2.75, 3.05) is 0 Å². The number of carbonyl (C=O) groups excluding carboxylic acids is 1. The first-order valence-electron chi connectivity index (χ1n) is 3.94. The van der Waals surface area contributed by atoms with Gasteiger partial charge in [0.2, 0.25) is 0 Å². The number of phenols is 1. The van der Waals surface area contributed by atoms with Crippen LogP contribution in [0.2, 0.25) is 0 Å². The Morgan fingerprint density at radius 2 is 2.29 bits per heavy atom. The summed E-state index contributed by atoms with van der Waals surface area (Å²) >= 11 is 0. The summed E-state index contributed by atoms with van der Waals surface area (Å²) in [6, 6.07) is 4.58. The second-order valence-corrected chi connectivity index (χ2v) is 2.71. The molecule has 0 fully saturated rings. The van der Waals surface area contributed by atoms with Crippen molar-refractivity contribution in [3.05, 3.63) is 36.4 Å². The summed E-state index contributed by atoms with van der Waals surface area (Å²) in [7, 11) is 0. The van der Waals surface area contributed by atoms with E-state index in [0.29, 0.717) is 17.5 Å².